The molecule has 0 radical (unpaired) electrons. The largest absolute Gasteiger partial charge is 0.360 e. The lowest BCUT2D eigenvalue weighted by atomic mass is 10.2. The highest BCUT2D eigenvalue weighted by atomic mass is 79.9. The molecule has 88 valence electrons. The molecule has 0 aliphatic rings. The Kier molecular flexibility index (Phi) is 3.53. The Morgan fingerprint density at radius 2 is 2.29 bits per heavy atom. The third-order valence-electron chi connectivity index (χ3n) is 2.10. The van der Waals surface area contributed by atoms with Crippen LogP contribution in [0.1, 0.15) is 16.1 Å². The van der Waals surface area contributed by atoms with Gasteiger partial charge in [0.2, 0.25) is 0 Å². The number of amides is 1. The summed E-state index contributed by atoms with van der Waals surface area (Å²) >= 11 is 3.13. The zero-order valence-electron chi connectivity index (χ0n) is 8.61. The number of rotatable bonds is 3. The number of carbonyl (C=O) groups excluding carboxylic acids is 1. The van der Waals surface area contributed by atoms with E-state index in [1.165, 1.54) is 18.3 Å². The molecule has 0 saturated carbocycles. The van der Waals surface area contributed by atoms with E-state index in [1.54, 1.807) is 12.1 Å². The third-order valence-corrected chi connectivity index (χ3v) is 2.77. The topological polar surface area (TPSA) is 55.1 Å². The maximum absolute atomic E-state index is 13.4. The number of hydrogen-bond donors (Lipinski definition) is 1. The Hall–Kier alpha value is -1.69. The molecule has 2 rings (SSSR count). The molecule has 1 N–H and O–H groups in total. The SMILES string of the molecule is O=C(NCc1ccno1)c1c(F)cccc1Br. The molecule has 4 nitrogen and oxygen atoms in total. The Balaban J connectivity index is 2.10. The molecule has 1 aromatic carbocycles. The van der Waals surface area contributed by atoms with Crippen LogP contribution in [0.25, 0.3) is 0 Å². The minimum Gasteiger partial charge on any atom is -0.360 e. The summed E-state index contributed by atoms with van der Waals surface area (Å²) in [6.45, 7) is 0.166. The molecule has 0 aliphatic carbocycles. The molecule has 0 bridgehead atoms. The van der Waals surface area contributed by atoms with Crippen molar-refractivity contribution in [2.75, 3.05) is 0 Å². The normalized spacial score (nSPS) is 10.2. The lowest BCUT2D eigenvalue weighted by Crippen LogP contribution is -2.24. The Labute approximate surface area is 105 Å². The van der Waals surface area contributed by atoms with Crippen molar-refractivity contribution in [2.24, 2.45) is 0 Å². The minimum atomic E-state index is -0.575. The van der Waals surface area contributed by atoms with Crippen LogP contribution in [-0.2, 0) is 6.54 Å². The van der Waals surface area contributed by atoms with Crippen molar-refractivity contribution in [1.29, 1.82) is 0 Å². The second kappa shape index (κ2) is 5.09. The summed E-state index contributed by atoms with van der Waals surface area (Å²) in [7, 11) is 0. The molecule has 0 atom stereocenters. The van der Waals surface area contributed by atoms with Crippen LogP contribution < -0.4 is 5.32 Å². The van der Waals surface area contributed by atoms with Crippen LogP contribution in [0.15, 0.2) is 39.5 Å². The zero-order chi connectivity index (χ0) is 12.3. The molecule has 6 heteroatoms. The smallest absolute Gasteiger partial charge is 0.255 e. The lowest BCUT2D eigenvalue weighted by Gasteiger charge is -2.06. The number of nitrogens with zero attached hydrogens (tertiary/aromatic N) is 1. The monoisotopic (exact) mass is 298 g/mol. The van der Waals surface area contributed by atoms with Gasteiger partial charge in [0.15, 0.2) is 5.76 Å². The summed E-state index contributed by atoms with van der Waals surface area (Å²) in [6.07, 6.45) is 1.47. The van der Waals surface area contributed by atoms with Crippen LogP contribution in [0.5, 0.6) is 0 Å². The van der Waals surface area contributed by atoms with Crippen LogP contribution in [0.4, 0.5) is 4.39 Å². The fourth-order valence-corrected chi connectivity index (χ4v) is 1.83. The maximum Gasteiger partial charge on any atom is 0.255 e. The van der Waals surface area contributed by atoms with Crippen molar-refractivity contribution in [3.05, 3.63) is 52.1 Å². The van der Waals surface area contributed by atoms with Crippen molar-refractivity contribution >= 4 is 21.8 Å². The molecule has 17 heavy (non-hydrogen) atoms. The first-order chi connectivity index (χ1) is 8.18. The van der Waals surface area contributed by atoms with E-state index in [9.17, 15) is 9.18 Å². The number of nitrogens with one attached hydrogen (secondary N) is 1. The van der Waals surface area contributed by atoms with Gasteiger partial charge in [-0.05, 0) is 28.1 Å². The summed E-state index contributed by atoms with van der Waals surface area (Å²) in [5.41, 5.74) is -0.0213. The Morgan fingerprint density at radius 1 is 1.47 bits per heavy atom. The number of hydrogen-bond acceptors (Lipinski definition) is 3. The van der Waals surface area contributed by atoms with Gasteiger partial charge >= 0.3 is 0 Å². The third kappa shape index (κ3) is 2.71. The predicted molar refractivity (Wildman–Crippen MR) is 61.8 cm³/mol. The van der Waals surface area contributed by atoms with E-state index < -0.39 is 11.7 Å². The van der Waals surface area contributed by atoms with Gasteiger partial charge in [0.05, 0.1) is 18.3 Å². The molecule has 1 aromatic heterocycles. The van der Waals surface area contributed by atoms with Crippen LogP contribution >= 0.6 is 15.9 Å². The van der Waals surface area contributed by atoms with Gasteiger partial charge in [0.1, 0.15) is 5.82 Å². The van der Waals surface area contributed by atoms with Gasteiger partial charge in [0.25, 0.3) is 5.91 Å². The number of carbonyl (C=O) groups is 1. The second-order valence-electron chi connectivity index (χ2n) is 3.26. The van der Waals surface area contributed by atoms with Crippen molar-refractivity contribution in [2.45, 2.75) is 6.54 Å². The highest BCUT2D eigenvalue weighted by Crippen LogP contribution is 2.19. The maximum atomic E-state index is 13.4. The van der Waals surface area contributed by atoms with Gasteiger partial charge < -0.3 is 9.84 Å². The zero-order valence-corrected chi connectivity index (χ0v) is 10.2. The fourth-order valence-electron chi connectivity index (χ4n) is 1.30. The van der Waals surface area contributed by atoms with Crippen LogP contribution in [0.2, 0.25) is 0 Å². The van der Waals surface area contributed by atoms with E-state index in [4.69, 9.17) is 4.52 Å². The molecule has 0 unspecified atom stereocenters. The molecular formula is C11H8BrFN2O2. The number of benzene rings is 1. The molecule has 0 saturated heterocycles. The van der Waals surface area contributed by atoms with Gasteiger partial charge in [-0.1, -0.05) is 11.2 Å². The van der Waals surface area contributed by atoms with E-state index in [0.717, 1.165) is 0 Å². The second-order valence-corrected chi connectivity index (χ2v) is 4.11. The molecule has 0 spiro atoms. The minimum absolute atomic E-state index is 0.0213. The fraction of sp³-hybridized carbons (Fsp3) is 0.0909. The molecular weight excluding hydrogens is 291 g/mol. The predicted octanol–water partition coefficient (Wildman–Crippen LogP) is 2.51. The van der Waals surface area contributed by atoms with Gasteiger partial charge in [-0.2, -0.15) is 0 Å². The molecule has 0 fully saturated rings. The van der Waals surface area contributed by atoms with Gasteiger partial charge in [-0.15, -0.1) is 0 Å². The molecule has 0 aliphatic heterocycles. The van der Waals surface area contributed by atoms with Crippen LogP contribution in [-0.4, -0.2) is 11.1 Å². The first-order valence-corrected chi connectivity index (χ1v) is 5.59. The molecule has 1 heterocycles. The van der Waals surface area contributed by atoms with Crippen molar-refractivity contribution in [3.63, 3.8) is 0 Å². The molecule has 1 amide bonds. The lowest BCUT2D eigenvalue weighted by molar-refractivity contribution is 0.0942. The van der Waals surface area contributed by atoms with E-state index in [0.29, 0.717) is 10.2 Å². The first-order valence-electron chi connectivity index (χ1n) is 4.80. The van der Waals surface area contributed by atoms with Gasteiger partial charge in [-0.25, -0.2) is 4.39 Å². The van der Waals surface area contributed by atoms with Crippen molar-refractivity contribution in [1.82, 2.24) is 10.5 Å². The van der Waals surface area contributed by atoms with Gasteiger partial charge in [0, 0.05) is 10.5 Å². The average Bonchev–Trinajstić information content (AvgIpc) is 2.79. The Bertz CT molecular complexity index is 508. The summed E-state index contributed by atoms with van der Waals surface area (Å²) in [6, 6.07) is 5.98. The average molecular weight is 299 g/mol. The van der Waals surface area contributed by atoms with Gasteiger partial charge in [-0.3, -0.25) is 4.79 Å². The van der Waals surface area contributed by atoms with E-state index in [1.807, 2.05) is 0 Å². The number of aromatic nitrogens is 1. The van der Waals surface area contributed by atoms with E-state index >= 15 is 0 Å². The summed E-state index contributed by atoms with van der Waals surface area (Å²) in [4.78, 5) is 11.7. The van der Waals surface area contributed by atoms with E-state index in [2.05, 4.69) is 26.4 Å². The van der Waals surface area contributed by atoms with Crippen molar-refractivity contribution in [3.8, 4) is 0 Å². The Morgan fingerprint density at radius 3 is 2.94 bits per heavy atom. The van der Waals surface area contributed by atoms with E-state index in [-0.39, 0.29) is 12.1 Å². The standard InChI is InChI=1S/C11H8BrFN2O2/c12-8-2-1-3-9(13)10(8)11(16)14-6-7-4-5-15-17-7/h1-5H,6H2,(H,14,16). The highest BCUT2D eigenvalue weighted by Gasteiger charge is 2.15. The first kappa shape index (κ1) is 11.8. The van der Waals surface area contributed by atoms with Crippen molar-refractivity contribution < 1.29 is 13.7 Å². The number of halogens is 2. The quantitative estimate of drug-likeness (QED) is 0.947. The summed E-state index contributed by atoms with van der Waals surface area (Å²) in [5.74, 6) is -0.577. The summed E-state index contributed by atoms with van der Waals surface area (Å²) < 4.78 is 18.7. The summed E-state index contributed by atoms with van der Waals surface area (Å²) in [5, 5.41) is 6.04. The van der Waals surface area contributed by atoms with Crippen LogP contribution in [0.3, 0.4) is 0 Å². The van der Waals surface area contributed by atoms with Crippen LogP contribution in [0, 0.1) is 5.82 Å². The highest BCUT2D eigenvalue weighted by molar-refractivity contribution is 9.10. The molecule has 2 aromatic rings.